The molecule has 0 unspecified atom stereocenters. The Morgan fingerprint density at radius 1 is 0.700 bits per heavy atom. The number of carbonyl (C=O) groups excluding carboxylic acids is 2. The highest BCUT2D eigenvalue weighted by atomic mass is 16.2. The number of amides is 2. The van der Waals surface area contributed by atoms with Gasteiger partial charge in [-0.1, -0.05) is 91.0 Å². The van der Waals surface area contributed by atoms with Crippen LogP contribution in [0.5, 0.6) is 0 Å². The van der Waals surface area contributed by atoms with Gasteiger partial charge >= 0.3 is 0 Å². The van der Waals surface area contributed by atoms with Crippen molar-refractivity contribution in [2.75, 3.05) is 0 Å². The Hall–Kier alpha value is -4.77. The summed E-state index contributed by atoms with van der Waals surface area (Å²) >= 11 is 0. The predicted molar refractivity (Wildman–Crippen MR) is 155 cm³/mol. The van der Waals surface area contributed by atoms with E-state index >= 15 is 0 Å². The number of hydrogen-bond donors (Lipinski definition) is 0. The number of hydrogen-bond acceptors (Lipinski definition) is 3. The number of para-hydroxylation sites is 1. The molecule has 2 bridgehead atoms. The summed E-state index contributed by atoms with van der Waals surface area (Å²) < 4.78 is 2.21. The number of nitrogens with zero attached hydrogens (tertiary/aromatic N) is 3. The van der Waals surface area contributed by atoms with Crippen molar-refractivity contribution in [1.82, 2.24) is 9.58 Å². The summed E-state index contributed by atoms with van der Waals surface area (Å²) in [7, 11) is 0. The van der Waals surface area contributed by atoms with Crippen LogP contribution in [-0.4, -0.2) is 27.6 Å². The number of carbonyl (C=O) groups is 2. The largest absolute Gasteiger partial charge is 0.342 e. The van der Waals surface area contributed by atoms with E-state index in [2.05, 4.69) is 83.5 Å². The lowest BCUT2D eigenvalue weighted by atomic mass is 9.55. The topological polar surface area (TPSA) is 54.7 Å². The molecular formula is C35H27N3O2. The zero-order valence-corrected chi connectivity index (χ0v) is 22.1. The van der Waals surface area contributed by atoms with Gasteiger partial charge in [0.05, 0.1) is 18.1 Å². The Kier molecular flexibility index (Phi) is 4.99. The van der Waals surface area contributed by atoms with Gasteiger partial charge in [-0.3, -0.25) is 9.59 Å². The Labute approximate surface area is 232 Å². The lowest BCUT2D eigenvalue weighted by molar-refractivity contribution is -0.139. The molecule has 40 heavy (non-hydrogen) atoms. The molecule has 4 aromatic carbocycles. The lowest BCUT2D eigenvalue weighted by Crippen LogP contribution is -2.41. The summed E-state index contributed by atoms with van der Waals surface area (Å²) in [5.74, 6) is -1.52. The number of aromatic nitrogens is 1. The number of benzene rings is 4. The minimum Gasteiger partial charge on any atom is -0.342 e. The summed E-state index contributed by atoms with van der Waals surface area (Å²) in [5.41, 5.74) is 9.12. The smallest absolute Gasteiger partial charge is 0.254 e. The predicted octanol–water partition coefficient (Wildman–Crippen LogP) is 6.22. The highest BCUT2D eigenvalue weighted by molar-refractivity contribution is 6.09. The van der Waals surface area contributed by atoms with Gasteiger partial charge in [-0.25, -0.2) is 0 Å². The van der Waals surface area contributed by atoms with Crippen LogP contribution in [0.1, 0.15) is 50.8 Å². The van der Waals surface area contributed by atoms with Gasteiger partial charge in [0.15, 0.2) is 0 Å². The molecule has 0 spiro atoms. The minimum atomic E-state index is -0.429. The molecule has 0 N–H and O–H groups in total. The van der Waals surface area contributed by atoms with E-state index in [0.717, 1.165) is 28.0 Å². The molecule has 5 heteroatoms. The van der Waals surface area contributed by atoms with Crippen molar-refractivity contribution in [2.24, 2.45) is 16.9 Å². The van der Waals surface area contributed by atoms with Crippen molar-refractivity contribution in [2.45, 2.75) is 25.3 Å². The van der Waals surface area contributed by atoms with E-state index in [1.165, 1.54) is 33.4 Å². The number of aryl methyl sites for hydroxylation is 1. The third-order valence-electron chi connectivity index (χ3n) is 9.16. The zero-order valence-electron chi connectivity index (χ0n) is 22.1. The van der Waals surface area contributed by atoms with E-state index in [0.29, 0.717) is 0 Å². The molecular weight excluding hydrogens is 494 g/mol. The Morgan fingerprint density at radius 3 is 1.82 bits per heavy atom. The quantitative estimate of drug-likeness (QED) is 0.208. The van der Waals surface area contributed by atoms with Crippen LogP contribution in [0, 0.1) is 18.8 Å². The molecule has 194 valence electrons. The number of rotatable bonds is 4. The van der Waals surface area contributed by atoms with Gasteiger partial charge < -0.3 is 4.57 Å². The maximum atomic E-state index is 13.9. The highest BCUT2D eigenvalue weighted by Gasteiger charge is 2.61. The molecule has 5 nitrogen and oxygen atoms in total. The number of hydrazone groups is 1. The van der Waals surface area contributed by atoms with Gasteiger partial charge in [0.2, 0.25) is 0 Å². The van der Waals surface area contributed by atoms with Crippen LogP contribution < -0.4 is 0 Å². The Bertz CT molecular complexity index is 1770. The average molecular weight is 522 g/mol. The van der Waals surface area contributed by atoms with E-state index in [9.17, 15) is 9.59 Å². The fourth-order valence-corrected chi connectivity index (χ4v) is 7.38. The zero-order chi connectivity index (χ0) is 27.0. The molecule has 4 aliphatic rings. The molecule has 0 saturated carbocycles. The van der Waals surface area contributed by atoms with Crippen molar-refractivity contribution >= 4 is 28.9 Å². The second-order valence-electron chi connectivity index (χ2n) is 11.2. The summed E-state index contributed by atoms with van der Waals surface area (Å²) in [6.07, 6.45) is 3.75. The van der Waals surface area contributed by atoms with Crippen LogP contribution in [0.15, 0.2) is 108 Å². The third kappa shape index (κ3) is 3.18. The van der Waals surface area contributed by atoms with E-state index in [-0.39, 0.29) is 23.7 Å². The summed E-state index contributed by atoms with van der Waals surface area (Å²) in [5, 5.41) is 6.78. The first-order valence-electron chi connectivity index (χ1n) is 13.8. The van der Waals surface area contributed by atoms with Crippen LogP contribution in [-0.2, 0) is 16.1 Å². The van der Waals surface area contributed by atoms with Gasteiger partial charge in [0.1, 0.15) is 0 Å². The molecule has 1 fully saturated rings. The van der Waals surface area contributed by atoms with Gasteiger partial charge in [-0.15, -0.1) is 0 Å². The SMILES string of the molecule is Cc1ccccc1Cn1cc(/C=N\N2C(=O)[C@@H]3C4c5ccccc5C(c5ccccc54)[C@@H]3C2=O)c2ccccc21. The lowest BCUT2D eigenvalue weighted by Gasteiger charge is -2.45. The van der Waals surface area contributed by atoms with E-state index in [1.54, 1.807) is 6.21 Å². The molecule has 2 heterocycles. The van der Waals surface area contributed by atoms with Gasteiger partial charge in [-0.2, -0.15) is 10.1 Å². The third-order valence-corrected chi connectivity index (χ3v) is 9.16. The van der Waals surface area contributed by atoms with Gasteiger partial charge in [0.25, 0.3) is 11.8 Å². The molecule has 1 aromatic heterocycles. The standard InChI is InChI=1S/C35H27N3O2/c1-21-10-2-3-11-22(21)19-37-20-23(24-12-8-9-17-29(24)37)18-36-38-34(39)32-30-25-13-4-5-14-26(25)31(33(32)35(38)40)28-16-7-6-15-27(28)30/h2-18,20,30-33H,19H2,1H3/b36-18-/t30?,31?,32-,33+. The monoisotopic (exact) mass is 521 g/mol. The molecule has 1 saturated heterocycles. The second kappa shape index (κ2) is 8.62. The van der Waals surface area contributed by atoms with Crippen LogP contribution >= 0.6 is 0 Å². The van der Waals surface area contributed by atoms with Crippen molar-refractivity contribution in [3.63, 3.8) is 0 Å². The first kappa shape index (κ1) is 23.1. The molecule has 2 amide bonds. The summed E-state index contributed by atoms with van der Waals surface area (Å²) in [4.78, 5) is 27.8. The number of imide groups is 1. The molecule has 2 atom stereocenters. The van der Waals surface area contributed by atoms with E-state index in [4.69, 9.17) is 0 Å². The maximum absolute atomic E-state index is 13.9. The molecule has 3 aliphatic carbocycles. The van der Waals surface area contributed by atoms with E-state index in [1.807, 2.05) is 36.4 Å². The normalized spacial score (nSPS) is 22.7. The van der Waals surface area contributed by atoms with E-state index < -0.39 is 11.8 Å². The second-order valence-corrected chi connectivity index (χ2v) is 11.2. The fourth-order valence-electron chi connectivity index (χ4n) is 7.38. The molecule has 1 aliphatic heterocycles. The summed E-state index contributed by atoms with van der Waals surface area (Å²) in [6.45, 7) is 2.85. The van der Waals surface area contributed by atoms with Gasteiger partial charge in [-0.05, 0) is 46.4 Å². The first-order valence-corrected chi connectivity index (χ1v) is 13.8. The van der Waals surface area contributed by atoms with Crippen molar-refractivity contribution in [1.29, 1.82) is 0 Å². The van der Waals surface area contributed by atoms with Crippen LogP contribution in [0.3, 0.4) is 0 Å². The van der Waals surface area contributed by atoms with Crippen LogP contribution in [0.25, 0.3) is 10.9 Å². The molecule has 0 radical (unpaired) electrons. The Morgan fingerprint density at radius 2 is 1.23 bits per heavy atom. The van der Waals surface area contributed by atoms with Gasteiger partial charge in [0, 0.05) is 41.0 Å². The molecule has 9 rings (SSSR count). The minimum absolute atomic E-state index is 0.130. The van der Waals surface area contributed by atoms with Crippen molar-refractivity contribution < 1.29 is 9.59 Å². The summed E-state index contributed by atoms with van der Waals surface area (Å²) in [6, 6.07) is 33.2. The van der Waals surface area contributed by atoms with Crippen LogP contribution in [0.2, 0.25) is 0 Å². The van der Waals surface area contributed by atoms with Crippen molar-refractivity contribution in [3.05, 3.63) is 142 Å². The average Bonchev–Trinajstić information content (AvgIpc) is 3.47. The van der Waals surface area contributed by atoms with Crippen LogP contribution in [0.4, 0.5) is 0 Å². The Balaban J connectivity index is 1.17. The molecule has 5 aromatic rings. The fraction of sp³-hybridized carbons (Fsp3) is 0.171. The van der Waals surface area contributed by atoms with Crippen molar-refractivity contribution in [3.8, 4) is 0 Å². The first-order chi connectivity index (χ1) is 19.6. The highest BCUT2D eigenvalue weighted by Crippen LogP contribution is 2.60. The number of fused-ring (bicyclic) bond motifs is 1. The maximum Gasteiger partial charge on any atom is 0.254 e.